The summed E-state index contributed by atoms with van der Waals surface area (Å²) < 4.78 is 76.1. The van der Waals surface area contributed by atoms with Gasteiger partial charge in [-0.15, -0.1) is 0 Å². The van der Waals surface area contributed by atoms with Crippen LogP contribution in [0.2, 0.25) is 11.1 Å². The molecule has 8 amide bonds. The number of likely N-dealkylation sites (N-methyl/N-ethyl adjacent to an activating group) is 1. The third-order valence-corrected chi connectivity index (χ3v) is 11.5. The summed E-state index contributed by atoms with van der Waals surface area (Å²) in [6.45, 7) is 5.34. The number of amides is 8. The number of H-pyrrole nitrogens is 1. The number of carbonyl (C=O) groups excluding carboxylic acids is 8. The van der Waals surface area contributed by atoms with Crippen LogP contribution >= 0.6 is 0 Å². The van der Waals surface area contributed by atoms with Crippen LogP contribution in [0.4, 0.5) is 26.3 Å². The van der Waals surface area contributed by atoms with Gasteiger partial charge in [0.1, 0.15) is 23.9 Å². The number of rotatable bonds is 27. The zero-order chi connectivity index (χ0) is 57.9. The van der Waals surface area contributed by atoms with Gasteiger partial charge in [-0.2, -0.15) is 0 Å². The average molecular weight is 1150 g/mol. The number of aromatic amines is 1. The molecule has 0 aliphatic heterocycles. The summed E-state index contributed by atoms with van der Waals surface area (Å²) in [6, 6.07) is 1.78. The number of aromatic nitrogens is 2. The van der Waals surface area contributed by atoms with Crippen molar-refractivity contribution >= 4 is 68.2 Å². The first kappa shape index (κ1) is 68.9. The molecule has 0 bridgehead atoms. The van der Waals surface area contributed by atoms with Gasteiger partial charge in [0, 0.05) is 50.2 Å². The predicted molar refractivity (Wildman–Crippen MR) is 267 cm³/mol. The van der Waals surface area contributed by atoms with Gasteiger partial charge in [0.15, 0.2) is 23.3 Å². The molecule has 1 aromatic heterocycles. The van der Waals surface area contributed by atoms with E-state index in [0.717, 1.165) is 45.8 Å². The van der Waals surface area contributed by atoms with Gasteiger partial charge in [0.25, 0.3) is 0 Å². The topological polar surface area (TPSA) is 330 Å². The molecule has 0 radical (unpaired) electrons. The number of imidazole rings is 1. The van der Waals surface area contributed by atoms with E-state index in [4.69, 9.17) is 16.6 Å². The molecular formula is C48H69F6N11O10Se. The van der Waals surface area contributed by atoms with E-state index in [9.17, 15) is 69.5 Å². The number of halogens is 6. The Balaban J connectivity index is 0.00000221. The minimum Gasteiger partial charge on any atom is -0.203 e. The summed E-state index contributed by atoms with van der Waals surface area (Å²) in [6.07, 6.45) is 5.71. The SMILES string of the molecule is CCCCC(=O)NC(CCC(=O)O)C(=O)NCC(=O)NCC(=O)NCC(=O)N[C@@H](Cc1ccccc1F)C(=O)NCC(=O)N(C)[C@@H](Cc1cnc[nH]1)C(N)=O.CCCCN.CC[Se]C.Cc1c(F)c(F)c(F)c(F)c1F. The van der Waals surface area contributed by atoms with Crippen molar-refractivity contribution in [2.75, 3.05) is 39.8 Å². The summed E-state index contributed by atoms with van der Waals surface area (Å²) in [4.78, 5) is 119. The van der Waals surface area contributed by atoms with E-state index >= 15 is 0 Å². The number of primary amides is 1. The summed E-state index contributed by atoms with van der Waals surface area (Å²) in [5, 5.41) is 24.3. The van der Waals surface area contributed by atoms with E-state index in [-0.39, 0.29) is 31.2 Å². The van der Waals surface area contributed by atoms with Crippen LogP contribution in [0.3, 0.4) is 0 Å². The van der Waals surface area contributed by atoms with Crippen LogP contribution in [-0.4, -0.2) is 146 Å². The van der Waals surface area contributed by atoms with Crippen molar-refractivity contribution in [1.82, 2.24) is 46.8 Å². The molecule has 3 aromatic rings. The van der Waals surface area contributed by atoms with Gasteiger partial charge < -0.3 is 58.4 Å². The Morgan fingerprint density at radius 1 is 0.711 bits per heavy atom. The van der Waals surface area contributed by atoms with E-state index in [0.29, 0.717) is 12.1 Å². The van der Waals surface area contributed by atoms with Crippen LogP contribution in [0.1, 0.15) is 82.5 Å². The van der Waals surface area contributed by atoms with E-state index in [1.807, 2.05) is 6.92 Å². The second kappa shape index (κ2) is 38.5. The maximum atomic E-state index is 14.5. The second-order valence-electron chi connectivity index (χ2n) is 16.2. The molecule has 424 valence electrons. The first-order chi connectivity index (χ1) is 35.9. The van der Waals surface area contributed by atoms with Crippen molar-refractivity contribution in [3.05, 3.63) is 88.5 Å². The van der Waals surface area contributed by atoms with Gasteiger partial charge in [-0.3, -0.25) is 43.2 Å². The number of carboxylic acid groups (broad SMARTS) is 1. The molecule has 28 heteroatoms. The quantitative estimate of drug-likeness (QED) is 0.0226. The molecule has 12 N–H and O–H groups in total. The zero-order valence-corrected chi connectivity index (χ0v) is 44.9. The maximum absolute atomic E-state index is 14.5. The van der Waals surface area contributed by atoms with E-state index < -0.39 is 144 Å². The fraction of sp³-hybridized carbons (Fsp3) is 0.500. The number of hydrogen-bond donors (Lipinski definition) is 10. The normalized spacial score (nSPS) is 11.4. The Morgan fingerprint density at radius 2 is 1.22 bits per heavy atom. The van der Waals surface area contributed by atoms with Crippen molar-refractivity contribution < 1.29 is 74.6 Å². The van der Waals surface area contributed by atoms with Gasteiger partial charge >= 0.3 is 39.0 Å². The molecule has 76 heavy (non-hydrogen) atoms. The number of aliphatic carboxylic acids is 1. The Bertz CT molecular complexity index is 2250. The Morgan fingerprint density at radius 3 is 1.71 bits per heavy atom. The summed E-state index contributed by atoms with van der Waals surface area (Å²) in [5.74, 6) is -15.3. The number of benzene rings is 2. The van der Waals surface area contributed by atoms with Gasteiger partial charge in [0.2, 0.25) is 53.1 Å². The van der Waals surface area contributed by atoms with Crippen LogP contribution in [-0.2, 0) is 56.0 Å². The van der Waals surface area contributed by atoms with E-state index in [2.05, 4.69) is 61.5 Å². The minimum absolute atomic E-state index is 0.0280. The standard InChI is InChI=1S/C34H47FN10O10.C7H3F5.C4H11N.C3H8Se/c1-3-4-9-26(46)43-23(10-11-31(51)52)33(54)40-16-28(48)38-15-27(47)39-17-29(49)44-24(12-20-7-5-6-8-22(20)35)34(55)41-18-30(50)45(2)25(32(36)53)13-21-14-37-19-42-21;1-2-3(8)5(10)7(12)6(11)4(2)9;1-2-3-4-5;1-3-4-2/h5-8,14,19,23-25H,3-4,9-13,15-18H2,1-2H3,(H2,36,53)(H,37,42)(H,38,48)(H,39,47)(H,40,54)(H,41,55)(H,43,46)(H,44,49)(H,51,52);1H3;2-5H2,1H3;3H2,1-2H3/t23?,24-,25-;;;/m0.../s1. The maximum Gasteiger partial charge on any atom is 0.200 e. The molecule has 0 aliphatic rings. The van der Waals surface area contributed by atoms with Crippen LogP contribution in [0.15, 0.2) is 36.8 Å². The average Bonchev–Trinajstić information content (AvgIpc) is 3.92. The van der Waals surface area contributed by atoms with Gasteiger partial charge in [-0.05, 0) is 44.4 Å². The summed E-state index contributed by atoms with van der Waals surface area (Å²) in [7, 11) is 1.32. The molecule has 0 saturated carbocycles. The van der Waals surface area contributed by atoms with Gasteiger partial charge in [-0.1, -0.05) is 44.9 Å². The number of carbonyl (C=O) groups is 9. The van der Waals surface area contributed by atoms with Crippen molar-refractivity contribution in [3.8, 4) is 0 Å². The predicted octanol–water partition coefficient (Wildman–Crippen LogP) is 1.75. The summed E-state index contributed by atoms with van der Waals surface area (Å²) >= 11 is 0.917. The van der Waals surface area contributed by atoms with Gasteiger partial charge in [0.05, 0.1) is 32.5 Å². The number of nitrogens with zero attached hydrogens (tertiary/aromatic N) is 2. The molecule has 0 saturated heterocycles. The van der Waals surface area contributed by atoms with Crippen molar-refractivity contribution in [2.24, 2.45) is 11.5 Å². The first-order valence-corrected chi connectivity index (χ1v) is 26.6. The molecule has 3 atom stereocenters. The summed E-state index contributed by atoms with van der Waals surface area (Å²) in [5.41, 5.74) is 10.3. The Kier molecular flexibility index (Phi) is 34.9. The molecule has 0 fully saturated rings. The molecular weight excluding hydrogens is 1080 g/mol. The van der Waals surface area contributed by atoms with Crippen LogP contribution in [0.25, 0.3) is 0 Å². The third kappa shape index (κ3) is 27.5. The number of nitrogens with one attached hydrogen (secondary N) is 7. The van der Waals surface area contributed by atoms with Crippen LogP contribution in [0.5, 0.6) is 0 Å². The third-order valence-electron chi connectivity index (χ3n) is 10.3. The molecule has 1 unspecified atom stereocenters. The van der Waals surface area contributed by atoms with Crippen LogP contribution < -0.4 is 43.4 Å². The largest absolute Gasteiger partial charge is 0.203 e. The second-order valence-corrected chi connectivity index (χ2v) is 18.6. The Hall–Kier alpha value is -7.06. The fourth-order valence-corrected chi connectivity index (χ4v) is 5.79. The first-order valence-electron chi connectivity index (χ1n) is 23.7. The molecule has 3 rings (SSSR count). The fourth-order valence-electron chi connectivity index (χ4n) is 5.79. The number of carboxylic acids is 1. The van der Waals surface area contributed by atoms with Gasteiger partial charge in [-0.25, -0.2) is 31.3 Å². The van der Waals surface area contributed by atoms with Crippen molar-refractivity contribution in [3.63, 3.8) is 0 Å². The molecule has 0 spiro atoms. The number of unbranched alkanes of at least 4 members (excludes halogenated alkanes) is 2. The molecule has 1 heterocycles. The van der Waals surface area contributed by atoms with Crippen molar-refractivity contribution in [1.29, 1.82) is 0 Å². The zero-order valence-electron chi connectivity index (χ0n) is 43.1. The number of hydrogen-bond acceptors (Lipinski definition) is 11. The smallest absolute Gasteiger partial charge is 0.200 e. The van der Waals surface area contributed by atoms with Crippen LogP contribution in [0, 0.1) is 41.8 Å². The minimum atomic E-state index is -2.13. The Labute approximate surface area is 442 Å². The van der Waals surface area contributed by atoms with E-state index in [1.54, 1.807) is 0 Å². The monoisotopic (exact) mass is 1150 g/mol. The molecule has 2 aromatic carbocycles. The molecule has 21 nitrogen and oxygen atoms in total. The van der Waals surface area contributed by atoms with Crippen molar-refractivity contribution in [2.45, 2.75) is 115 Å². The number of nitrogens with two attached hydrogens (primary N) is 2. The molecule has 0 aliphatic carbocycles. The van der Waals surface area contributed by atoms with E-state index in [1.165, 1.54) is 55.9 Å².